The molecule has 0 unspecified atom stereocenters. The summed E-state index contributed by atoms with van der Waals surface area (Å²) in [6, 6.07) is 5.91. The molecule has 0 fully saturated rings. The lowest BCUT2D eigenvalue weighted by molar-refractivity contribution is 0.0480. The highest BCUT2D eigenvalue weighted by atomic mass is 16.6. The van der Waals surface area contributed by atoms with Crippen molar-refractivity contribution in [3.8, 4) is 11.3 Å². The Morgan fingerprint density at radius 3 is 2.57 bits per heavy atom. The van der Waals surface area contributed by atoms with Crippen molar-refractivity contribution in [1.29, 1.82) is 0 Å². The second-order valence-electron chi connectivity index (χ2n) is 5.48. The van der Waals surface area contributed by atoms with Crippen LogP contribution in [0.15, 0.2) is 22.7 Å². The van der Waals surface area contributed by atoms with E-state index in [0.717, 1.165) is 11.1 Å². The van der Waals surface area contributed by atoms with Crippen LogP contribution in [0.2, 0.25) is 0 Å². The van der Waals surface area contributed by atoms with Crippen molar-refractivity contribution in [2.45, 2.75) is 40.5 Å². The average Bonchev–Trinajstić information content (AvgIpc) is 2.88. The maximum atomic E-state index is 11.6. The number of esters is 1. The third-order valence-electron chi connectivity index (χ3n) is 3.50. The lowest BCUT2D eigenvalue weighted by atomic mass is 9.92. The van der Waals surface area contributed by atoms with Gasteiger partial charge in [0.15, 0.2) is 0 Å². The third-order valence-corrected chi connectivity index (χ3v) is 3.50. The Kier molecular flexibility index (Phi) is 4.46. The molecule has 0 saturated carbocycles. The summed E-state index contributed by atoms with van der Waals surface area (Å²) in [7, 11) is 0. The van der Waals surface area contributed by atoms with Gasteiger partial charge in [-0.25, -0.2) is 4.79 Å². The van der Waals surface area contributed by atoms with Crippen molar-refractivity contribution in [2.75, 3.05) is 6.61 Å². The van der Waals surface area contributed by atoms with E-state index in [1.165, 1.54) is 11.1 Å². The highest BCUT2D eigenvalue weighted by Crippen LogP contribution is 2.29. The van der Waals surface area contributed by atoms with E-state index in [-0.39, 0.29) is 5.76 Å². The number of carbonyl (C=O) groups is 1. The summed E-state index contributed by atoms with van der Waals surface area (Å²) in [6.07, 6.45) is 0. The van der Waals surface area contributed by atoms with E-state index < -0.39 is 5.97 Å². The zero-order valence-electron chi connectivity index (χ0n) is 13.2. The van der Waals surface area contributed by atoms with Gasteiger partial charge in [-0.1, -0.05) is 25.1 Å². The molecule has 0 saturated heterocycles. The Morgan fingerprint density at radius 2 is 1.95 bits per heavy atom. The van der Waals surface area contributed by atoms with Crippen molar-refractivity contribution >= 4 is 5.97 Å². The van der Waals surface area contributed by atoms with Gasteiger partial charge < -0.3 is 9.26 Å². The minimum atomic E-state index is -0.481. The molecule has 4 heteroatoms. The van der Waals surface area contributed by atoms with E-state index in [0.29, 0.717) is 18.2 Å². The van der Waals surface area contributed by atoms with Crippen molar-refractivity contribution in [1.82, 2.24) is 5.16 Å². The topological polar surface area (TPSA) is 52.3 Å². The SMILES string of the molecule is CCOC(=O)c1cc(-c2cc(C(C)C)c(C)cc2C)no1. The van der Waals surface area contributed by atoms with Gasteiger partial charge in [0.2, 0.25) is 5.76 Å². The summed E-state index contributed by atoms with van der Waals surface area (Å²) in [4.78, 5) is 11.6. The Balaban J connectivity index is 2.42. The number of hydrogen-bond donors (Lipinski definition) is 0. The molecular weight excluding hydrogens is 266 g/mol. The van der Waals surface area contributed by atoms with Crippen LogP contribution >= 0.6 is 0 Å². The number of benzene rings is 1. The standard InChI is InChI=1S/C17H21NO3/c1-6-20-17(19)16-9-15(18-21-16)14-8-13(10(2)3)11(4)7-12(14)5/h7-10H,6H2,1-5H3. The van der Waals surface area contributed by atoms with E-state index in [1.807, 2.05) is 6.92 Å². The number of aromatic nitrogens is 1. The van der Waals surface area contributed by atoms with Gasteiger partial charge in [0, 0.05) is 11.6 Å². The summed E-state index contributed by atoms with van der Waals surface area (Å²) >= 11 is 0. The number of hydrogen-bond acceptors (Lipinski definition) is 4. The maximum Gasteiger partial charge on any atom is 0.377 e. The molecule has 1 aromatic carbocycles. The smallest absolute Gasteiger partial charge is 0.377 e. The monoisotopic (exact) mass is 287 g/mol. The van der Waals surface area contributed by atoms with Gasteiger partial charge in [-0.15, -0.1) is 0 Å². The molecule has 0 N–H and O–H groups in total. The zero-order chi connectivity index (χ0) is 15.6. The van der Waals surface area contributed by atoms with Gasteiger partial charge in [-0.05, 0) is 49.4 Å². The van der Waals surface area contributed by atoms with Gasteiger partial charge in [0.1, 0.15) is 5.69 Å². The van der Waals surface area contributed by atoms with Crippen molar-refractivity contribution < 1.29 is 14.1 Å². The first-order valence-electron chi connectivity index (χ1n) is 7.19. The molecule has 21 heavy (non-hydrogen) atoms. The minimum absolute atomic E-state index is 0.137. The fourth-order valence-electron chi connectivity index (χ4n) is 2.47. The Bertz CT molecular complexity index is 656. The van der Waals surface area contributed by atoms with Crippen LogP contribution in [0.1, 0.15) is 53.9 Å². The van der Waals surface area contributed by atoms with Crippen LogP contribution in [0.3, 0.4) is 0 Å². The first-order chi connectivity index (χ1) is 9.93. The highest BCUT2D eigenvalue weighted by Gasteiger charge is 2.17. The van der Waals surface area contributed by atoms with Crippen LogP contribution in [0.25, 0.3) is 11.3 Å². The summed E-state index contributed by atoms with van der Waals surface area (Å²) in [6.45, 7) is 10.5. The van der Waals surface area contributed by atoms with E-state index in [9.17, 15) is 4.79 Å². The van der Waals surface area contributed by atoms with Crippen LogP contribution in [-0.4, -0.2) is 17.7 Å². The molecule has 0 aliphatic heterocycles. The predicted octanol–water partition coefficient (Wildman–Crippen LogP) is 4.26. The Morgan fingerprint density at radius 1 is 1.24 bits per heavy atom. The van der Waals surface area contributed by atoms with Crippen molar-refractivity contribution in [2.24, 2.45) is 0 Å². The summed E-state index contributed by atoms with van der Waals surface area (Å²) < 4.78 is 10.0. The van der Waals surface area contributed by atoms with E-state index in [4.69, 9.17) is 9.26 Å². The zero-order valence-corrected chi connectivity index (χ0v) is 13.2. The fourth-order valence-corrected chi connectivity index (χ4v) is 2.47. The molecular formula is C17H21NO3. The quantitative estimate of drug-likeness (QED) is 0.788. The molecule has 1 aromatic heterocycles. The molecule has 112 valence electrons. The first-order valence-corrected chi connectivity index (χ1v) is 7.19. The molecule has 0 amide bonds. The highest BCUT2D eigenvalue weighted by molar-refractivity contribution is 5.87. The second-order valence-corrected chi connectivity index (χ2v) is 5.48. The maximum absolute atomic E-state index is 11.6. The molecule has 0 aliphatic rings. The average molecular weight is 287 g/mol. The molecule has 0 bridgehead atoms. The number of rotatable bonds is 4. The van der Waals surface area contributed by atoms with Crippen molar-refractivity contribution in [3.05, 3.63) is 40.6 Å². The molecule has 0 spiro atoms. The van der Waals surface area contributed by atoms with E-state index >= 15 is 0 Å². The predicted molar refractivity (Wildman–Crippen MR) is 81.5 cm³/mol. The van der Waals surface area contributed by atoms with Crippen LogP contribution in [0.4, 0.5) is 0 Å². The number of ether oxygens (including phenoxy) is 1. The van der Waals surface area contributed by atoms with Crippen LogP contribution in [-0.2, 0) is 4.74 Å². The van der Waals surface area contributed by atoms with Gasteiger partial charge in [-0.3, -0.25) is 0 Å². The molecule has 0 atom stereocenters. The van der Waals surface area contributed by atoms with Gasteiger partial charge in [0.25, 0.3) is 0 Å². The fraction of sp³-hybridized carbons (Fsp3) is 0.412. The van der Waals surface area contributed by atoms with Gasteiger partial charge in [0.05, 0.1) is 6.61 Å². The Labute approximate surface area is 125 Å². The second kappa shape index (κ2) is 6.12. The minimum Gasteiger partial charge on any atom is -0.460 e. The van der Waals surface area contributed by atoms with Crippen LogP contribution < -0.4 is 0 Å². The normalized spacial score (nSPS) is 11.0. The molecule has 4 nitrogen and oxygen atoms in total. The molecule has 0 radical (unpaired) electrons. The lowest BCUT2D eigenvalue weighted by Gasteiger charge is -2.13. The largest absolute Gasteiger partial charge is 0.460 e. The molecule has 2 aromatic rings. The van der Waals surface area contributed by atoms with E-state index in [1.54, 1.807) is 13.0 Å². The van der Waals surface area contributed by atoms with Crippen LogP contribution in [0, 0.1) is 13.8 Å². The number of nitrogens with zero attached hydrogens (tertiary/aromatic N) is 1. The van der Waals surface area contributed by atoms with E-state index in [2.05, 4.69) is 38.1 Å². The molecule has 2 rings (SSSR count). The third kappa shape index (κ3) is 3.15. The first kappa shape index (κ1) is 15.3. The van der Waals surface area contributed by atoms with Crippen molar-refractivity contribution in [3.63, 3.8) is 0 Å². The lowest BCUT2D eigenvalue weighted by Crippen LogP contribution is -2.02. The Hall–Kier alpha value is -2.10. The summed E-state index contributed by atoms with van der Waals surface area (Å²) in [5.41, 5.74) is 5.30. The number of aryl methyl sites for hydroxylation is 2. The van der Waals surface area contributed by atoms with Gasteiger partial charge in [-0.2, -0.15) is 0 Å². The van der Waals surface area contributed by atoms with Gasteiger partial charge >= 0.3 is 5.97 Å². The summed E-state index contributed by atoms with van der Waals surface area (Å²) in [5.74, 6) is 0.0868. The van der Waals surface area contributed by atoms with Crippen LogP contribution in [0.5, 0.6) is 0 Å². The molecule has 0 aliphatic carbocycles. The molecule has 1 heterocycles. The summed E-state index contributed by atoms with van der Waals surface area (Å²) in [5, 5.41) is 4.00. The number of carbonyl (C=O) groups excluding carboxylic acids is 1.